The average molecular weight is 625 g/mol. The molecule has 238 valence electrons. The molecule has 6 nitrogen and oxygen atoms in total. The van der Waals surface area contributed by atoms with E-state index in [2.05, 4.69) is 65.6 Å². The number of hydrogen-bond donors (Lipinski definition) is 1. The molecule has 1 fully saturated rings. The first-order chi connectivity index (χ1) is 23.3. The molecule has 0 unspecified atom stereocenters. The van der Waals surface area contributed by atoms with Crippen molar-refractivity contribution < 1.29 is 19.3 Å². The van der Waals surface area contributed by atoms with Crippen molar-refractivity contribution in [2.24, 2.45) is 4.99 Å². The van der Waals surface area contributed by atoms with Crippen LogP contribution in [0.3, 0.4) is 0 Å². The molecule has 6 heteroatoms. The van der Waals surface area contributed by atoms with Crippen molar-refractivity contribution in [2.75, 3.05) is 6.61 Å². The summed E-state index contributed by atoms with van der Waals surface area (Å²) in [7, 11) is 0. The van der Waals surface area contributed by atoms with Crippen molar-refractivity contribution >= 4 is 5.71 Å². The van der Waals surface area contributed by atoms with Gasteiger partial charge in [-0.05, 0) is 27.8 Å². The third kappa shape index (κ3) is 6.98. The molecule has 2 aliphatic rings. The minimum absolute atomic E-state index is 0.0824. The Morgan fingerprint density at radius 1 is 0.532 bits per heavy atom. The molecule has 2 bridgehead atoms. The van der Waals surface area contributed by atoms with Crippen LogP contribution in [0.4, 0.5) is 0 Å². The first kappa shape index (κ1) is 31.2. The fourth-order valence-corrected chi connectivity index (χ4v) is 6.83. The van der Waals surface area contributed by atoms with Crippen LogP contribution in [0.5, 0.6) is 0 Å². The molecule has 6 atom stereocenters. The van der Waals surface area contributed by atoms with E-state index < -0.39 is 24.5 Å². The van der Waals surface area contributed by atoms with Gasteiger partial charge in [0.2, 0.25) is 0 Å². The Morgan fingerprint density at radius 2 is 0.957 bits per heavy atom. The Bertz CT molecular complexity index is 1700. The zero-order valence-electron chi connectivity index (χ0n) is 26.3. The lowest BCUT2D eigenvalue weighted by Crippen LogP contribution is -2.66. The van der Waals surface area contributed by atoms with Gasteiger partial charge in [-0.15, -0.1) is 0 Å². The Kier molecular flexibility index (Phi) is 9.94. The fourth-order valence-electron chi connectivity index (χ4n) is 6.83. The summed E-state index contributed by atoms with van der Waals surface area (Å²) in [5.41, 5.74) is 6.17. The number of ether oxygens (including phenoxy) is 3. The van der Waals surface area contributed by atoms with Crippen LogP contribution >= 0.6 is 0 Å². The first-order valence-corrected chi connectivity index (χ1v) is 16.3. The highest BCUT2D eigenvalue weighted by Crippen LogP contribution is 2.43. The predicted octanol–water partition coefficient (Wildman–Crippen LogP) is 6.99. The maximum atomic E-state index is 11.1. The second-order valence-electron chi connectivity index (χ2n) is 12.1. The summed E-state index contributed by atoms with van der Waals surface area (Å²) in [6.45, 7) is 1.11. The van der Waals surface area contributed by atoms with Gasteiger partial charge in [0, 0.05) is 0 Å². The van der Waals surface area contributed by atoms with Gasteiger partial charge in [0.15, 0.2) is 0 Å². The molecule has 7 rings (SSSR count). The van der Waals surface area contributed by atoms with E-state index in [1.807, 2.05) is 91.0 Å². The molecular weight excluding hydrogens is 584 g/mol. The number of hydrogen-bond acceptors (Lipinski definition) is 6. The standard InChI is InChI=1S/C41H40N2O4/c44-26-35(33-22-12-4-13-23-33)43-37-36(34-24-14-5-15-25-34)42-41(43)40(47-29-32-20-10-3-11-21-32)39(46-28-31-18-8-2-9-19-31)38(37)45-27-30-16-6-1-7-17-30/h1-25,35,37-41,44H,26-29H2/t35-,37+,38-,39+,40-,41+/m0/s1. The molecule has 0 radical (unpaired) electrons. The predicted molar refractivity (Wildman–Crippen MR) is 184 cm³/mol. The van der Waals surface area contributed by atoms with E-state index in [4.69, 9.17) is 19.2 Å². The monoisotopic (exact) mass is 624 g/mol. The normalized spacial score (nSPS) is 22.9. The van der Waals surface area contributed by atoms with Crippen molar-refractivity contribution in [1.82, 2.24) is 4.90 Å². The molecule has 5 aromatic carbocycles. The maximum Gasteiger partial charge on any atom is 0.133 e. The largest absolute Gasteiger partial charge is 0.394 e. The van der Waals surface area contributed by atoms with Crippen LogP contribution in [0.25, 0.3) is 0 Å². The Labute approximate surface area is 276 Å². The number of aliphatic imine (C=N–C) groups is 1. The number of aliphatic hydroxyl groups is 1. The van der Waals surface area contributed by atoms with Crippen LogP contribution in [0.1, 0.15) is 33.9 Å². The van der Waals surface area contributed by atoms with Crippen molar-refractivity contribution in [2.45, 2.75) is 56.4 Å². The van der Waals surface area contributed by atoms with E-state index in [-0.39, 0.29) is 18.7 Å². The van der Waals surface area contributed by atoms with Gasteiger partial charge in [-0.25, -0.2) is 0 Å². The van der Waals surface area contributed by atoms with Gasteiger partial charge in [-0.1, -0.05) is 152 Å². The number of aliphatic hydroxyl groups excluding tert-OH is 1. The zero-order valence-corrected chi connectivity index (χ0v) is 26.3. The van der Waals surface area contributed by atoms with Crippen LogP contribution in [0, 0.1) is 0 Å². The summed E-state index contributed by atoms with van der Waals surface area (Å²) in [6.07, 6.45) is -1.83. The molecule has 47 heavy (non-hydrogen) atoms. The van der Waals surface area contributed by atoms with Gasteiger partial charge in [-0.3, -0.25) is 9.89 Å². The third-order valence-electron chi connectivity index (χ3n) is 9.07. The second kappa shape index (κ2) is 15.0. The summed E-state index contributed by atoms with van der Waals surface area (Å²) in [5.74, 6) is 0. The highest BCUT2D eigenvalue weighted by atomic mass is 16.6. The lowest BCUT2D eigenvalue weighted by Gasteiger charge is -2.50. The number of piperidine rings is 1. The molecule has 2 heterocycles. The second-order valence-corrected chi connectivity index (χ2v) is 12.1. The van der Waals surface area contributed by atoms with E-state index in [9.17, 15) is 5.11 Å². The molecule has 0 saturated carbocycles. The lowest BCUT2D eigenvalue weighted by atomic mass is 9.86. The lowest BCUT2D eigenvalue weighted by molar-refractivity contribution is -0.213. The molecule has 1 saturated heterocycles. The van der Waals surface area contributed by atoms with Crippen molar-refractivity contribution in [3.63, 3.8) is 0 Å². The van der Waals surface area contributed by atoms with Crippen molar-refractivity contribution in [3.8, 4) is 0 Å². The summed E-state index contributed by atoms with van der Waals surface area (Å²) < 4.78 is 20.8. The molecule has 0 aromatic heterocycles. The minimum atomic E-state index is -0.491. The Balaban J connectivity index is 1.34. The zero-order chi connectivity index (χ0) is 31.8. The van der Waals surface area contributed by atoms with Crippen LogP contribution in [0.2, 0.25) is 0 Å². The molecule has 0 spiro atoms. The van der Waals surface area contributed by atoms with Crippen LogP contribution in [-0.4, -0.2) is 52.8 Å². The number of benzene rings is 5. The van der Waals surface area contributed by atoms with Crippen molar-refractivity contribution in [3.05, 3.63) is 179 Å². The molecule has 0 aliphatic carbocycles. The van der Waals surface area contributed by atoms with Gasteiger partial charge in [0.25, 0.3) is 0 Å². The number of fused-ring (bicyclic) bond motifs is 2. The molecule has 1 N–H and O–H groups in total. The number of nitrogens with zero attached hydrogens (tertiary/aromatic N) is 2. The van der Waals surface area contributed by atoms with Crippen LogP contribution < -0.4 is 0 Å². The fraction of sp³-hybridized carbons (Fsp3) is 0.244. The maximum absolute atomic E-state index is 11.1. The summed E-state index contributed by atoms with van der Waals surface area (Å²) in [4.78, 5) is 7.76. The summed E-state index contributed by atoms with van der Waals surface area (Å²) >= 11 is 0. The van der Waals surface area contributed by atoms with Crippen molar-refractivity contribution in [1.29, 1.82) is 0 Å². The summed E-state index contributed by atoms with van der Waals surface area (Å²) in [5, 5.41) is 11.1. The topological polar surface area (TPSA) is 63.5 Å². The highest BCUT2D eigenvalue weighted by molar-refractivity contribution is 6.06. The van der Waals surface area contributed by atoms with Gasteiger partial charge in [0.05, 0.1) is 44.2 Å². The SMILES string of the molecule is OC[C@@H](c1ccccc1)N1[C@@H]2C(c3ccccc3)=N[C@H]1[C@@H](OCc1ccccc1)[C@H](OCc1ccccc1)[C@H]2OCc1ccccc1. The molecule has 0 amide bonds. The first-order valence-electron chi connectivity index (χ1n) is 16.3. The molecule has 2 aliphatic heterocycles. The molecule has 5 aromatic rings. The van der Waals surface area contributed by atoms with E-state index in [0.29, 0.717) is 19.8 Å². The van der Waals surface area contributed by atoms with Gasteiger partial charge in [0.1, 0.15) is 24.5 Å². The third-order valence-corrected chi connectivity index (χ3v) is 9.07. The Hall–Kier alpha value is -4.43. The minimum Gasteiger partial charge on any atom is -0.394 e. The summed E-state index contributed by atoms with van der Waals surface area (Å²) in [6, 6.07) is 50.5. The van der Waals surface area contributed by atoms with Gasteiger partial charge in [-0.2, -0.15) is 0 Å². The Morgan fingerprint density at radius 3 is 1.45 bits per heavy atom. The van der Waals surface area contributed by atoms with E-state index in [0.717, 1.165) is 33.5 Å². The van der Waals surface area contributed by atoms with Gasteiger partial charge < -0.3 is 19.3 Å². The quantitative estimate of drug-likeness (QED) is 0.153. The van der Waals surface area contributed by atoms with Crippen LogP contribution in [0.15, 0.2) is 157 Å². The molecular formula is C41H40N2O4. The van der Waals surface area contributed by atoms with E-state index >= 15 is 0 Å². The van der Waals surface area contributed by atoms with E-state index in [1.54, 1.807) is 0 Å². The highest BCUT2D eigenvalue weighted by Gasteiger charge is 2.58. The van der Waals surface area contributed by atoms with Crippen LogP contribution in [-0.2, 0) is 34.0 Å². The average Bonchev–Trinajstić information content (AvgIpc) is 3.46. The van der Waals surface area contributed by atoms with Gasteiger partial charge >= 0.3 is 0 Å². The van der Waals surface area contributed by atoms with E-state index in [1.165, 1.54) is 0 Å². The number of rotatable bonds is 13. The smallest absolute Gasteiger partial charge is 0.133 e.